The molecule has 1 aliphatic heterocycles. The Morgan fingerprint density at radius 3 is 2.73 bits per heavy atom. The van der Waals surface area contributed by atoms with Crippen molar-refractivity contribution in [3.63, 3.8) is 0 Å². The molecule has 2 aromatic carbocycles. The molecule has 5 heteroatoms. The van der Waals surface area contributed by atoms with Crippen LogP contribution >= 0.6 is 11.6 Å². The number of fused-ring (bicyclic) bond motifs is 1. The summed E-state index contributed by atoms with van der Waals surface area (Å²) in [5, 5.41) is 5.54. The Balaban J connectivity index is 1.52. The van der Waals surface area contributed by atoms with Gasteiger partial charge in [-0.3, -0.25) is 4.79 Å². The fraction of sp³-hybridized carbons (Fsp3) is 0.238. The minimum Gasteiger partial charge on any atom is -0.356 e. The monoisotopic (exact) mass is 365 g/mol. The molecular formula is C21H20ClN3O. The van der Waals surface area contributed by atoms with Crippen LogP contribution < -0.4 is 10.2 Å². The summed E-state index contributed by atoms with van der Waals surface area (Å²) in [7, 11) is 0. The number of carbonyl (C=O) groups is 1. The van der Waals surface area contributed by atoms with Gasteiger partial charge in [0, 0.05) is 24.2 Å². The molecule has 4 nitrogen and oxygen atoms in total. The summed E-state index contributed by atoms with van der Waals surface area (Å²) in [6.07, 6.45) is 1.84. The smallest absolute Gasteiger partial charge is 0.229 e. The number of anilines is 2. The highest BCUT2D eigenvalue weighted by molar-refractivity contribution is 6.34. The van der Waals surface area contributed by atoms with Crippen molar-refractivity contribution in [3.05, 3.63) is 65.8 Å². The van der Waals surface area contributed by atoms with Crippen LogP contribution in [0, 0.1) is 5.92 Å². The molecule has 4 rings (SSSR count). The number of aromatic nitrogens is 1. The maximum absolute atomic E-state index is 12.6. The fourth-order valence-electron chi connectivity index (χ4n) is 3.47. The summed E-state index contributed by atoms with van der Waals surface area (Å²) in [5.74, 6) is 0.842. The van der Waals surface area contributed by atoms with E-state index in [-0.39, 0.29) is 11.8 Å². The molecule has 1 N–H and O–H groups in total. The Morgan fingerprint density at radius 2 is 1.88 bits per heavy atom. The highest BCUT2D eigenvalue weighted by Gasteiger charge is 2.27. The molecule has 0 saturated carbocycles. The van der Waals surface area contributed by atoms with Crippen molar-refractivity contribution in [2.45, 2.75) is 12.8 Å². The van der Waals surface area contributed by atoms with Crippen molar-refractivity contribution >= 4 is 39.8 Å². The molecule has 1 fully saturated rings. The van der Waals surface area contributed by atoms with E-state index in [0.29, 0.717) is 11.7 Å². The molecule has 3 aromatic rings. The van der Waals surface area contributed by atoms with Crippen LogP contribution in [0.3, 0.4) is 0 Å². The van der Waals surface area contributed by atoms with Crippen LogP contribution in [0.2, 0.25) is 5.15 Å². The number of hydrogen-bond acceptors (Lipinski definition) is 3. The number of pyridine rings is 1. The average Bonchev–Trinajstić information content (AvgIpc) is 2.69. The lowest BCUT2D eigenvalue weighted by Crippen LogP contribution is -2.41. The van der Waals surface area contributed by atoms with E-state index in [1.54, 1.807) is 0 Å². The molecule has 2 heterocycles. The zero-order valence-electron chi connectivity index (χ0n) is 14.4. The van der Waals surface area contributed by atoms with E-state index in [1.807, 2.05) is 54.6 Å². The number of carbonyl (C=O) groups excluding carboxylic acids is 1. The van der Waals surface area contributed by atoms with Crippen LogP contribution in [0.1, 0.15) is 12.8 Å². The van der Waals surface area contributed by atoms with Gasteiger partial charge in [-0.2, -0.15) is 0 Å². The van der Waals surface area contributed by atoms with Gasteiger partial charge in [0.1, 0.15) is 11.0 Å². The number of benzene rings is 2. The lowest BCUT2D eigenvalue weighted by Gasteiger charge is -2.33. The molecule has 1 atom stereocenters. The topological polar surface area (TPSA) is 45.2 Å². The third kappa shape index (κ3) is 3.51. The largest absolute Gasteiger partial charge is 0.356 e. The summed E-state index contributed by atoms with van der Waals surface area (Å²) in [4.78, 5) is 19.4. The molecule has 1 aromatic heterocycles. The summed E-state index contributed by atoms with van der Waals surface area (Å²) in [6, 6.07) is 19.6. The normalized spacial score (nSPS) is 17.3. The van der Waals surface area contributed by atoms with Crippen molar-refractivity contribution < 1.29 is 4.79 Å². The van der Waals surface area contributed by atoms with E-state index >= 15 is 0 Å². The number of amides is 1. The Labute approximate surface area is 157 Å². The summed E-state index contributed by atoms with van der Waals surface area (Å²) < 4.78 is 0. The molecule has 0 spiro atoms. The first-order chi connectivity index (χ1) is 12.7. The van der Waals surface area contributed by atoms with Gasteiger partial charge in [0.15, 0.2) is 0 Å². The summed E-state index contributed by atoms with van der Waals surface area (Å²) in [6.45, 7) is 1.54. The standard InChI is InChI=1S/C21H20ClN3O/c22-20-18-11-5-4-7-15(18)13-19(24-20)25-12-6-8-16(14-25)21(26)23-17-9-2-1-3-10-17/h1-5,7,9-11,13,16H,6,8,12,14H2,(H,23,26). The lowest BCUT2D eigenvalue weighted by molar-refractivity contribution is -0.120. The second-order valence-corrected chi connectivity index (χ2v) is 6.99. The van der Waals surface area contributed by atoms with Crippen LogP contribution in [0.25, 0.3) is 10.8 Å². The SMILES string of the molecule is O=C(Nc1ccccc1)C1CCCN(c2cc3ccccc3c(Cl)n2)C1. The Bertz CT molecular complexity index is 929. The first-order valence-electron chi connectivity index (χ1n) is 8.87. The number of nitrogens with one attached hydrogen (secondary N) is 1. The van der Waals surface area contributed by atoms with Gasteiger partial charge in [0.2, 0.25) is 5.91 Å². The van der Waals surface area contributed by atoms with Gasteiger partial charge >= 0.3 is 0 Å². The van der Waals surface area contributed by atoms with Gasteiger partial charge in [-0.25, -0.2) is 4.98 Å². The minimum absolute atomic E-state index is 0.0593. The van der Waals surface area contributed by atoms with E-state index < -0.39 is 0 Å². The number of para-hydroxylation sites is 1. The minimum atomic E-state index is -0.0593. The van der Waals surface area contributed by atoms with E-state index in [4.69, 9.17) is 11.6 Å². The van der Waals surface area contributed by atoms with Gasteiger partial charge < -0.3 is 10.2 Å². The van der Waals surface area contributed by atoms with Gasteiger partial charge in [-0.15, -0.1) is 0 Å². The molecule has 0 aliphatic carbocycles. The van der Waals surface area contributed by atoms with E-state index in [0.717, 1.165) is 41.7 Å². The third-order valence-corrected chi connectivity index (χ3v) is 5.13. The first kappa shape index (κ1) is 16.9. The average molecular weight is 366 g/mol. The van der Waals surface area contributed by atoms with Crippen LogP contribution in [0.5, 0.6) is 0 Å². The fourth-order valence-corrected chi connectivity index (χ4v) is 3.73. The van der Waals surface area contributed by atoms with Crippen LogP contribution in [0.15, 0.2) is 60.7 Å². The number of nitrogens with zero attached hydrogens (tertiary/aromatic N) is 2. The van der Waals surface area contributed by atoms with Crippen LogP contribution in [0.4, 0.5) is 11.5 Å². The zero-order valence-corrected chi connectivity index (χ0v) is 15.1. The maximum atomic E-state index is 12.6. The van der Waals surface area contributed by atoms with E-state index in [2.05, 4.69) is 21.3 Å². The molecule has 1 saturated heterocycles. The molecular weight excluding hydrogens is 346 g/mol. The van der Waals surface area contributed by atoms with E-state index in [1.165, 1.54) is 0 Å². The molecule has 1 unspecified atom stereocenters. The second kappa shape index (κ2) is 7.34. The van der Waals surface area contributed by atoms with E-state index in [9.17, 15) is 4.79 Å². The van der Waals surface area contributed by atoms with Crippen molar-refractivity contribution in [2.24, 2.45) is 5.92 Å². The lowest BCUT2D eigenvalue weighted by atomic mass is 9.97. The molecule has 0 radical (unpaired) electrons. The van der Waals surface area contributed by atoms with Gasteiger partial charge in [-0.05, 0) is 36.4 Å². The predicted molar refractivity (Wildman–Crippen MR) is 107 cm³/mol. The first-order valence-corrected chi connectivity index (χ1v) is 9.24. The Kier molecular flexibility index (Phi) is 4.76. The van der Waals surface area contributed by atoms with Gasteiger partial charge in [0.25, 0.3) is 0 Å². The maximum Gasteiger partial charge on any atom is 0.229 e. The summed E-state index contributed by atoms with van der Waals surface area (Å²) >= 11 is 6.37. The molecule has 1 aliphatic rings. The van der Waals surface area contributed by atoms with Crippen LogP contribution in [-0.2, 0) is 4.79 Å². The van der Waals surface area contributed by atoms with Crippen molar-refractivity contribution in [3.8, 4) is 0 Å². The second-order valence-electron chi connectivity index (χ2n) is 6.63. The van der Waals surface area contributed by atoms with Gasteiger partial charge in [0.05, 0.1) is 5.92 Å². The quantitative estimate of drug-likeness (QED) is 0.681. The number of piperidine rings is 1. The highest BCUT2D eigenvalue weighted by Crippen LogP contribution is 2.29. The molecule has 132 valence electrons. The van der Waals surface area contributed by atoms with Gasteiger partial charge in [-0.1, -0.05) is 54.1 Å². The Morgan fingerprint density at radius 1 is 1.12 bits per heavy atom. The van der Waals surface area contributed by atoms with Crippen molar-refractivity contribution in [2.75, 3.05) is 23.3 Å². The summed E-state index contributed by atoms with van der Waals surface area (Å²) in [5.41, 5.74) is 0.835. The Hall–Kier alpha value is -2.59. The van der Waals surface area contributed by atoms with Crippen molar-refractivity contribution in [1.29, 1.82) is 0 Å². The number of halogens is 1. The van der Waals surface area contributed by atoms with Crippen LogP contribution in [-0.4, -0.2) is 24.0 Å². The predicted octanol–water partition coefficient (Wildman–Crippen LogP) is 4.74. The zero-order chi connectivity index (χ0) is 17.9. The number of rotatable bonds is 3. The van der Waals surface area contributed by atoms with Crippen molar-refractivity contribution in [1.82, 2.24) is 4.98 Å². The molecule has 0 bridgehead atoms. The molecule has 1 amide bonds. The molecule has 26 heavy (non-hydrogen) atoms. The highest BCUT2D eigenvalue weighted by atomic mass is 35.5. The third-order valence-electron chi connectivity index (χ3n) is 4.84. The number of hydrogen-bond donors (Lipinski definition) is 1.